The molecule has 2 aliphatic rings. The van der Waals surface area contributed by atoms with Gasteiger partial charge in [0.15, 0.2) is 0 Å². The van der Waals surface area contributed by atoms with E-state index in [2.05, 4.69) is 33.2 Å². The molecule has 4 heteroatoms. The first kappa shape index (κ1) is 14.9. The summed E-state index contributed by atoms with van der Waals surface area (Å²) in [4.78, 5) is 10.3. The highest BCUT2D eigenvalue weighted by Crippen LogP contribution is 2.28. The van der Waals surface area contributed by atoms with Gasteiger partial charge in [0.2, 0.25) is 0 Å². The van der Waals surface area contributed by atoms with Crippen molar-refractivity contribution in [1.29, 1.82) is 0 Å². The zero-order valence-corrected chi connectivity index (χ0v) is 13.6. The fourth-order valence-electron chi connectivity index (χ4n) is 3.78. The Balaban J connectivity index is 1.37. The van der Waals surface area contributed by atoms with Gasteiger partial charge in [-0.3, -0.25) is 4.90 Å². The van der Waals surface area contributed by atoms with E-state index in [1.54, 1.807) is 0 Å². The maximum absolute atomic E-state index is 5.45. The Bertz CT molecular complexity index is 685. The lowest BCUT2D eigenvalue weighted by molar-refractivity contribution is 0.0605. The molecule has 2 aromatic heterocycles. The second kappa shape index (κ2) is 6.85. The van der Waals surface area contributed by atoms with Crippen LogP contribution in [0.5, 0.6) is 0 Å². The molecule has 0 spiro atoms. The van der Waals surface area contributed by atoms with Gasteiger partial charge in [-0.25, -0.2) is 4.98 Å². The van der Waals surface area contributed by atoms with Gasteiger partial charge in [0.25, 0.3) is 0 Å². The van der Waals surface area contributed by atoms with Crippen LogP contribution in [0.2, 0.25) is 0 Å². The summed E-state index contributed by atoms with van der Waals surface area (Å²) >= 11 is 0. The topological polar surface area (TPSA) is 41.2 Å². The lowest BCUT2D eigenvalue weighted by Gasteiger charge is -2.29. The summed E-state index contributed by atoms with van der Waals surface area (Å²) in [5.74, 6) is 0.869. The van der Waals surface area contributed by atoms with Crippen molar-refractivity contribution in [1.82, 2.24) is 14.9 Å². The second-order valence-corrected chi connectivity index (χ2v) is 6.73. The Morgan fingerprint density at radius 3 is 3.04 bits per heavy atom. The van der Waals surface area contributed by atoms with E-state index in [4.69, 9.17) is 4.74 Å². The number of rotatable bonds is 4. The van der Waals surface area contributed by atoms with Crippen LogP contribution < -0.4 is 0 Å². The van der Waals surface area contributed by atoms with Gasteiger partial charge in [0.05, 0.1) is 0 Å². The largest absolute Gasteiger partial charge is 0.381 e. The van der Waals surface area contributed by atoms with Gasteiger partial charge >= 0.3 is 0 Å². The van der Waals surface area contributed by atoms with E-state index in [0.29, 0.717) is 0 Å². The second-order valence-electron chi connectivity index (χ2n) is 6.73. The molecule has 4 rings (SSSR count). The number of hydrogen-bond acceptors (Lipinski definition) is 3. The van der Waals surface area contributed by atoms with Crippen molar-refractivity contribution < 1.29 is 4.74 Å². The summed E-state index contributed by atoms with van der Waals surface area (Å²) in [5, 5.41) is 1.24. The van der Waals surface area contributed by atoms with Gasteiger partial charge in [-0.2, -0.15) is 0 Å². The highest BCUT2D eigenvalue weighted by atomic mass is 16.5. The van der Waals surface area contributed by atoms with Crippen molar-refractivity contribution in [3.8, 4) is 0 Å². The summed E-state index contributed by atoms with van der Waals surface area (Å²) < 4.78 is 5.45. The van der Waals surface area contributed by atoms with Gasteiger partial charge < -0.3 is 9.72 Å². The first-order valence-electron chi connectivity index (χ1n) is 8.82. The molecule has 4 heterocycles. The molecule has 0 bridgehead atoms. The van der Waals surface area contributed by atoms with Crippen LogP contribution in [0, 0.1) is 5.92 Å². The molecule has 4 nitrogen and oxygen atoms in total. The minimum absolute atomic E-state index is 0.869. The number of H-pyrrole nitrogens is 1. The lowest BCUT2D eigenvalue weighted by atomic mass is 9.95. The molecular formula is C19H25N3O. The van der Waals surface area contributed by atoms with Gasteiger partial charge in [-0.15, -0.1) is 0 Å². The van der Waals surface area contributed by atoms with Crippen molar-refractivity contribution in [3.05, 3.63) is 36.2 Å². The Kier molecular flexibility index (Phi) is 4.44. The number of nitrogens with zero attached hydrogens (tertiary/aromatic N) is 2. The Morgan fingerprint density at radius 1 is 1.30 bits per heavy atom. The van der Waals surface area contributed by atoms with Gasteiger partial charge in [-0.05, 0) is 55.9 Å². The van der Waals surface area contributed by atoms with E-state index in [9.17, 15) is 0 Å². The quantitative estimate of drug-likeness (QED) is 0.940. The molecule has 23 heavy (non-hydrogen) atoms. The maximum Gasteiger partial charge on any atom is 0.137 e. The molecule has 2 aliphatic heterocycles. The Labute approximate surface area is 137 Å². The number of nitrogens with one attached hydrogen (secondary N) is 1. The molecule has 1 saturated heterocycles. The van der Waals surface area contributed by atoms with Crippen LogP contribution in [-0.2, 0) is 4.74 Å². The number of aromatic nitrogens is 2. The zero-order chi connectivity index (χ0) is 15.5. The Morgan fingerprint density at radius 2 is 2.22 bits per heavy atom. The molecular weight excluding hydrogens is 286 g/mol. The molecule has 122 valence electrons. The number of pyridine rings is 1. The minimum Gasteiger partial charge on any atom is -0.381 e. The van der Waals surface area contributed by atoms with E-state index >= 15 is 0 Å². The summed E-state index contributed by atoms with van der Waals surface area (Å²) in [5.41, 5.74) is 3.79. The lowest BCUT2D eigenvalue weighted by Crippen LogP contribution is -2.31. The summed E-state index contributed by atoms with van der Waals surface area (Å²) in [6.45, 7) is 5.39. The normalized spacial score (nSPS) is 20.8. The molecule has 0 aromatic carbocycles. The third-order valence-electron chi connectivity index (χ3n) is 5.28. The van der Waals surface area contributed by atoms with Crippen LogP contribution in [0.1, 0.15) is 31.2 Å². The molecule has 0 radical (unpaired) electrons. The van der Waals surface area contributed by atoms with Crippen LogP contribution in [0.15, 0.2) is 30.6 Å². The maximum atomic E-state index is 5.45. The van der Waals surface area contributed by atoms with Gasteiger partial charge in [-0.1, -0.05) is 6.08 Å². The van der Waals surface area contributed by atoms with E-state index in [0.717, 1.165) is 37.7 Å². The summed E-state index contributed by atoms with van der Waals surface area (Å²) in [6.07, 6.45) is 11.3. The standard InChI is InChI=1S/C19H25N3O/c1-2-17-18(14-21-19(17)20-8-1)16-4-10-22(11-5-16)9-3-15-6-12-23-13-7-15/h1-2,4,8,14-15H,3,5-7,9-13H2,(H,20,21). The molecule has 0 unspecified atom stereocenters. The van der Waals surface area contributed by atoms with E-state index in [-0.39, 0.29) is 0 Å². The van der Waals surface area contributed by atoms with E-state index < -0.39 is 0 Å². The van der Waals surface area contributed by atoms with Crippen molar-refractivity contribution in [2.45, 2.75) is 25.7 Å². The van der Waals surface area contributed by atoms with Gasteiger partial charge in [0.1, 0.15) is 5.65 Å². The molecule has 0 saturated carbocycles. The fourth-order valence-corrected chi connectivity index (χ4v) is 3.78. The molecule has 0 amide bonds. The monoisotopic (exact) mass is 311 g/mol. The minimum atomic E-state index is 0.869. The van der Waals surface area contributed by atoms with Crippen molar-refractivity contribution in [3.63, 3.8) is 0 Å². The summed E-state index contributed by atoms with van der Waals surface area (Å²) in [6, 6.07) is 4.18. The molecule has 1 N–H and O–H groups in total. The summed E-state index contributed by atoms with van der Waals surface area (Å²) in [7, 11) is 0. The van der Waals surface area contributed by atoms with E-state index in [1.807, 2.05) is 12.3 Å². The number of ether oxygens (including phenoxy) is 1. The fraction of sp³-hybridized carbons (Fsp3) is 0.526. The molecule has 0 aliphatic carbocycles. The average molecular weight is 311 g/mol. The third-order valence-corrected chi connectivity index (χ3v) is 5.28. The van der Waals surface area contributed by atoms with Crippen LogP contribution in [0.4, 0.5) is 0 Å². The predicted octanol–water partition coefficient (Wildman–Crippen LogP) is 3.47. The number of fused-ring (bicyclic) bond motifs is 1. The van der Waals surface area contributed by atoms with Crippen LogP contribution in [0.3, 0.4) is 0 Å². The highest BCUT2D eigenvalue weighted by Gasteiger charge is 2.18. The Hall–Kier alpha value is -1.65. The highest BCUT2D eigenvalue weighted by molar-refractivity contribution is 5.90. The SMILES string of the molecule is C1=C(c2c[nH]c3ncccc23)CCN(CCC2CCOCC2)C1. The molecule has 1 fully saturated rings. The third kappa shape index (κ3) is 3.33. The van der Waals surface area contributed by atoms with Gasteiger partial charge in [0, 0.05) is 49.6 Å². The van der Waals surface area contributed by atoms with Crippen LogP contribution in [0.25, 0.3) is 16.6 Å². The van der Waals surface area contributed by atoms with Crippen molar-refractivity contribution in [2.75, 3.05) is 32.8 Å². The molecule has 0 atom stereocenters. The predicted molar refractivity (Wildman–Crippen MR) is 93.3 cm³/mol. The first-order chi connectivity index (χ1) is 11.4. The van der Waals surface area contributed by atoms with Crippen LogP contribution >= 0.6 is 0 Å². The smallest absolute Gasteiger partial charge is 0.137 e. The average Bonchev–Trinajstić information content (AvgIpc) is 3.05. The first-order valence-corrected chi connectivity index (χ1v) is 8.82. The zero-order valence-electron chi connectivity index (χ0n) is 13.6. The van der Waals surface area contributed by atoms with E-state index in [1.165, 1.54) is 48.9 Å². The molecule has 2 aromatic rings. The van der Waals surface area contributed by atoms with Crippen LogP contribution in [-0.4, -0.2) is 47.7 Å². The number of aromatic amines is 1. The van der Waals surface area contributed by atoms with Crippen molar-refractivity contribution >= 4 is 16.6 Å². The van der Waals surface area contributed by atoms with Crippen molar-refractivity contribution in [2.24, 2.45) is 5.92 Å². The number of hydrogen-bond donors (Lipinski definition) is 1.